The van der Waals surface area contributed by atoms with E-state index in [2.05, 4.69) is 28.4 Å². The van der Waals surface area contributed by atoms with Crippen LogP contribution in [0.15, 0.2) is 73.0 Å². The molecular formula is C36H38Cl2N2O4. The van der Waals surface area contributed by atoms with Crippen LogP contribution in [0, 0.1) is 5.92 Å². The van der Waals surface area contributed by atoms with E-state index in [4.69, 9.17) is 27.9 Å². The van der Waals surface area contributed by atoms with Crippen molar-refractivity contribution in [1.82, 2.24) is 10.2 Å². The quantitative estimate of drug-likeness (QED) is 0.252. The summed E-state index contributed by atoms with van der Waals surface area (Å²) in [4.78, 5) is 28.0. The molecule has 6 nitrogen and oxygen atoms in total. The van der Waals surface area contributed by atoms with Gasteiger partial charge in [-0.05, 0) is 72.9 Å². The van der Waals surface area contributed by atoms with Gasteiger partial charge in [-0.2, -0.15) is 0 Å². The van der Waals surface area contributed by atoms with Gasteiger partial charge in [0.15, 0.2) is 0 Å². The van der Waals surface area contributed by atoms with Crippen LogP contribution >= 0.6 is 23.2 Å². The first-order valence-electron chi connectivity index (χ1n) is 15.6. The summed E-state index contributed by atoms with van der Waals surface area (Å²) in [6.07, 6.45) is 8.13. The third kappa shape index (κ3) is 6.20. The van der Waals surface area contributed by atoms with Gasteiger partial charge in [0.1, 0.15) is 12.4 Å². The van der Waals surface area contributed by atoms with Crippen LogP contribution < -0.4 is 5.32 Å². The van der Waals surface area contributed by atoms with Crippen molar-refractivity contribution in [2.45, 2.75) is 76.0 Å². The molecule has 6 rings (SSSR count). The standard InChI is InChI=1S/C36H38Cl2N2O4/c1-22(36(42)43)13-14-23-7-6-8-24(19-23)17-18-39-35(41)33-27-10-3-2-9-26(27)31-21-44-32-12-5-4-11-30(32)40(31)34(33)28-16-15-25(37)20-29(28)38/h2-3,6-10,15-16,19-22,30,32-34H,4-5,11-14,17-18H2,1H3,(H,39,41)(H,42,43)/t22-,30?,32?,33?,34?/m1/s1. The topological polar surface area (TPSA) is 78.9 Å². The second-order valence-electron chi connectivity index (χ2n) is 12.3. The number of aryl methyl sites for hydroxylation is 1. The lowest BCUT2D eigenvalue weighted by Crippen LogP contribution is -2.54. The Kier molecular flexibility index (Phi) is 9.20. The van der Waals surface area contributed by atoms with Crippen LogP contribution in [0.25, 0.3) is 5.70 Å². The van der Waals surface area contributed by atoms with E-state index in [0.29, 0.717) is 35.9 Å². The molecule has 4 unspecified atom stereocenters. The molecule has 0 spiro atoms. The normalized spacial score (nSPS) is 22.9. The zero-order valence-electron chi connectivity index (χ0n) is 24.8. The fourth-order valence-corrected chi connectivity index (χ4v) is 7.60. The summed E-state index contributed by atoms with van der Waals surface area (Å²) < 4.78 is 6.32. The van der Waals surface area contributed by atoms with Crippen molar-refractivity contribution in [2.24, 2.45) is 5.92 Å². The molecule has 2 N–H and O–H groups in total. The highest BCUT2D eigenvalue weighted by molar-refractivity contribution is 6.35. The molecule has 0 saturated heterocycles. The predicted octanol–water partition coefficient (Wildman–Crippen LogP) is 7.79. The molecule has 3 aromatic rings. The van der Waals surface area contributed by atoms with Crippen molar-refractivity contribution in [2.75, 3.05) is 6.54 Å². The van der Waals surface area contributed by atoms with E-state index < -0.39 is 11.9 Å². The van der Waals surface area contributed by atoms with Crippen molar-refractivity contribution >= 4 is 40.8 Å². The second-order valence-corrected chi connectivity index (χ2v) is 13.1. The summed E-state index contributed by atoms with van der Waals surface area (Å²) in [6, 6.07) is 21.7. The van der Waals surface area contributed by atoms with E-state index >= 15 is 0 Å². The van der Waals surface area contributed by atoms with Gasteiger partial charge in [0.25, 0.3) is 0 Å². The minimum absolute atomic E-state index is 0.0437. The molecule has 2 heterocycles. The zero-order valence-corrected chi connectivity index (χ0v) is 26.4. The molecule has 0 bridgehead atoms. The number of carboxylic acid groups (broad SMARTS) is 1. The molecule has 2 aliphatic heterocycles. The molecule has 1 fully saturated rings. The Morgan fingerprint density at radius 1 is 0.977 bits per heavy atom. The predicted molar refractivity (Wildman–Crippen MR) is 174 cm³/mol. The maximum absolute atomic E-state index is 14.3. The Bertz CT molecular complexity index is 1570. The van der Waals surface area contributed by atoms with Crippen LogP contribution in [-0.2, 0) is 27.2 Å². The highest BCUT2D eigenvalue weighted by atomic mass is 35.5. The Balaban J connectivity index is 1.29. The number of fused-ring (bicyclic) bond motifs is 5. The first-order chi connectivity index (χ1) is 21.3. The maximum atomic E-state index is 14.3. The Morgan fingerprint density at radius 2 is 1.75 bits per heavy atom. The summed E-state index contributed by atoms with van der Waals surface area (Å²) in [7, 11) is 0. The van der Waals surface area contributed by atoms with Gasteiger partial charge in [-0.15, -0.1) is 0 Å². The number of halogens is 2. The van der Waals surface area contributed by atoms with Crippen molar-refractivity contribution in [3.05, 3.63) is 111 Å². The smallest absolute Gasteiger partial charge is 0.306 e. The van der Waals surface area contributed by atoms with Crippen molar-refractivity contribution < 1.29 is 19.4 Å². The molecule has 5 atom stereocenters. The van der Waals surface area contributed by atoms with Gasteiger partial charge in [-0.25, -0.2) is 0 Å². The molecule has 1 saturated carbocycles. The Labute approximate surface area is 269 Å². The van der Waals surface area contributed by atoms with Gasteiger partial charge in [-0.1, -0.05) is 91.1 Å². The molecular weight excluding hydrogens is 595 g/mol. The molecule has 44 heavy (non-hydrogen) atoms. The molecule has 1 amide bonds. The number of hydrogen-bond donors (Lipinski definition) is 2. The summed E-state index contributed by atoms with van der Waals surface area (Å²) in [6.45, 7) is 2.21. The molecule has 1 aliphatic carbocycles. The first kappa shape index (κ1) is 30.5. The number of carbonyl (C=O) groups is 2. The molecule has 230 valence electrons. The lowest BCUT2D eigenvalue weighted by molar-refractivity contribution is -0.141. The monoisotopic (exact) mass is 632 g/mol. The molecule has 3 aromatic carbocycles. The lowest BCUT2D eigenvalue weighted by Gasteiger charge is -2.53. The number of nitrogens with zero attached hydrogens (tertiary/aromatic N) is 1. The zero-order chi connectivity index (χ0) is 30.8. The van der Waals surface area contributed by atoms with Crippen LogP contribution in [0.2, 0.25) is 10.0 Å². The minimum atomic E-state index is -0.773. The highest BCUT2D eigenvalue weighted by Gasteiger charge is 2.49. The van der Waals surface area contributed by atoms with E-state index in [1.54, 1.807) is 13.0 Å². The van der Waals surface area contributed by atoms with E-state index in [0.717, 1.165) is 59.2 Å². The van der Waals surface area contributed by atoms with Gasteiger partial charge in [-0.3, -0.25) is 9.59 Å². The van der Waals surface area contributed by atoms with E-state index in [-0.39, 0.29) is 30.0 Å². The fourth-order valence-electron chi connectivity index (χ4n) is 7.08. The summed E-state index contributed by atoms with van der Waals surface area (Å²) >= 11 is 13.2. The Hall–Kier alpha value is -3.48. The van der Waals surface area contributed by atoms with E-state index in [1.807, 2.05) is 48.7 Å². The number of hydrogen-bond acceptors (Lipinski definition) is 4. The second kappa shape index (κ2) is 13.3. The van der Waals surface area contributed by atoms with Gasteiger partial charge in [0.05, 0.1) is 29.6 Å². The van der Waals surface area contributed by atoms with E-state index in [9.17, 15) is 14.7 Å². The maximum Gasteiger partial charge on any atom is 0.306 e. The summed E-state index contributed by atoms with van der Waals surface area (Å²) in [5, 5.41) is 13.6. The van der Waals surface area contributed by atoms with Crippen LogP contribution in [0.4, 0.5) is 0 Å². The third-order valence-electron chi connectivity index (χ3n) is 9.40. The van der Waals surface area contributed by atoms with Crippen LogP contribution in [0.3, 0.4) is 0 Å². The molecule has 3 aliphatic rings. The highest BCUT2D eigenvalue weighted by Crippen LogP contribution is 2.53. The van der Waals surface area contributed by atoms with Crippen molar-refractivity contribution in [3.63, 3.8) is 0 Å². The number of carboxylic acids is 1. The summed E-state index contributed by atoms with van der Waals surface area (Å²) in [5.74, 6) is -1.70. The van der Waals surface area contributed by atoms with Crippen LogP contribution in [0.1, 0.15) is 78.8 Å². The fraction of sp³-hybridized carbons (Fsp3) is 0.389. The summed E-state index contributed by atoms with van der Waals surface area (Å²) in [5.41, 5.74) is 6.06. The Morgan fingerprint density at radius 3 is 2.55 bits per heavy atom. The SMILES string of the molecule is C[C@H](CCc1cccc(CCNC(=O)C2c3ccccc3C3=COC4CCCCC4N3C2c2ccc(Cl)cc2Cl)c1)C(=O)O. The van der Waals surface area contributed by atoms with Gasteiger partial charge in [0, 0.05) is 22.2 Å². The first-order valence-corrected chi connectivity index (χ1v) is 16.3. The number of amides is 1. The molecule has 0 aromatic heterocycles. The number of carbonyl (C=O) groups excluding carboxylic acids is 1. The largest absolute Gasteiger partial charge is 0.494 e. The number of nitrogens with one attached hydrogen (secondary N) is 1. The van der Waals surface area contributed by atoms with E-state index in [1.165, 1.54) is 0 Å². The van der Waals surface area contributed by atoms with Crippen LogP contribution in [-0.4, -0.2) is 40.6 Å². The van der Waals surface area contributed by atoms with Crippen molar-refractivity contribution in [3.8, 4) is 0 Å². The molecule has 0 radical (unpaired) electrons. The lowest BCUT2D eigenvalue weighted by atomic mass is 9.75. The minimum Gasteiger partial charge on any atom is -0.494 e. The average Bonchev–Trinajstić information content (AvgIpc) is 3.03. The number of aliphatic carboxylic acids is 1. The van der Waals surface area contributed by atoms with Gasteiger partial charge < -0.3 is 20.1 Å². The van der Waals surface area contributed by atoms with Gasteiger partial charge in [0.2, 0.25) is 5.91 Å². The number of benzene rings is 3. The number of ether oxygens (including phenoxy) is 1. The van der Waals surface area contributed by atoms with Gasteiger partial charge >= 0.3 is 5.97 Å². The third-order valence-corrected chi connectivity index (χ3v) is 9.96. The van der Waals surface area contributed by atoms with Crippen LogP contribution in [0.5, 0.6) is 0 Å². The number of rotatable bonds is 9. The molecule has 8 heteroatoms. The van der Waals surface area contributed by atoms with Crippen molar-refractivity contribution in [1.29, 1.82) is 0 Å². The average molecular weight is 634 g/mol.